The van der Waals surface area contributed by atoms with Crippen LogP contribution in [-0.4, -0.2) is 56.7 Å². The number of nitrogens with one attached hydrogen (secondary N) is 1. The summed E-state index contributed by atoms with van der Waals surface area (Å²) < 4.78 is 18.5. The molecular weight excluding hydrogens is 359 g/mol. The maximum absolute atomic E-state index is 13.0. The number of benzene rings is 1. The highest BCUT2D eigenvalue weighted by atomic mass is 19.1. The maximum atomic E-state index is 13.0. The monoisotopic (exact) mass is 388 g/mol. The summed E-state index contributed by atoms with van der Waals surface area (Å²) >= 11 is 0. The highest BCUT2D eigenvalue weighted by molar-refractivity contribution is 5.97. The van der Waals surface area contributed by atoms with Crippen LogP contribution in [0.1, 0.15) is 26.2 Å². The third kappa shape index (κ3) is 6.86. The minimum Gasteiger partial charge on any atom is -0.390 e. The largest absolute Gasteiger partial charge is 0.390 e. The molecule has 0 saturated carbocycles. The second-order valence-electron chi connectivity index (χ2n) is 6.70. The number of rotatable bonds is 10. The summed E-state index contributed by atoms with van der Waals surface area (Å²) in [6, 6.07) is 8.34. The van der Waals surface area contributed by atoms with E-state index in [4.69, 9.17) is 4.74 Å². The highest BCUT2D eigenvalue weighted by Gasteiger charge is 2.23. The summed E-state index contributed by atoms with van der Waals surface area (Å²) in [5.41, 5.74) is 1.05. The number of anilines is 1. The Kier molecular flexibility index (Phi) is 9.29. The minimum absolute atomic E-state index is 0.113. The summed E-state index contributed by atoms with van der Waals surface area (Å²) in [7, 11) is 0. The van der Waals surface area contributed by atoms with Crippen molar-refractivity contribution in [2.45, 2.75) is 26.2 Å². The van der Waals surface area contributed by atoms with Gasteiger partial charge in [0.15, 0.2) is 0 Å². The Morgan fingerprint density at radius 2 is 1.89 bits per heavy atom. The van der Waals surface area contributed by atoms with E-state index in [9.17, 15) is 14.4 Å². The van der Waals surface area contributed by atoms with Crippen LogP contribution in [0.4, 0.5) is 10.1 Å². The average molecular weight is 388 g/mol. The molecule has 0 unspecified atom stereocenters. The van der Waals surface area contributed by atoms with Gasteiger partial charge in [0.25, 0.3) is 5.91 Å². The summed E-state index contributed by atoms with van der Waals surface area (Å²) in [5, 5.41) is 12.3. The van der Waals surface area contributed by atoms with Gasteiger partial charge in [-0.1, -0.05) is 13.3 Å². The molecule has 6 nitrogen and oxygen atoms in total. The number of hydrogen-bond acceptors (Lipinski definition) is 5. The molecule has 2 rings (SSSR count). The molecule has 0 atom stereocenters. The summed E-state index contributed by atoms with van der Waals surface area (Å²) in [5.74, 6) is -0.519. The number of halogens is 1. The molecule has 0 radical (unpaired) electrons. The molecule has 1 aliphatic heterocycles. The molecule has 28 heavy (non-hydrogen) atoms. The SMILES string of the molecule is CCCCOCCCN/C=C(/C#N)C(=O)N1CCN(c2ccc(F)cc2)CC1. The van der Waals surface area contributed by atoms with Crippen molar-refractivity contribution >= 4 is 11.6 Å². The lowest BCUT2D eigenvalue weighted by atomic mass is 10.2. The van der Waals surface area contributed by atoms with E-state index >= 15 is 0 Å². The van der Waals surface area contributed by atoms with Gasteiger partial charge in [0, 0.05) is 57.8 Å². The van der Waals surface area contributed by atoms with Gasteiger partial charge in [-0.05, 0) is 37.1 Å². The first-order chi connectivity index (χ1) is 13.7. The van der Waals surface area contributed by atoms with Crippen LogP contribution in [0.25, 0.3) is 0 Å². The van der Waals surface area contributed by atoms with Crippen LogP contribution in [0.3, 0.4) is 0 Å². The summed E-state index contributed by atoms with van der Waals surface area (Å²) in [4.78, 5) is 16.3. The number of nitrogens with zero attached hydrogens (tertiary/aromatic N) is 3. The smallest absolute Gasteiger partial charge is 0.266 e. The van der Waals surface area contributed by atoms with Crippen LogP contribution < -0.4 is 10.2 Å². The number of amides is 1. The van der Waals surface area contributed by atoms with Crippen molar-refractivity contribution in [3.8, 4) is 6.07 Å². The van der Waals surface area contributed by atoms with E-state index in [0.717, 1.165) is 31.6 Å². The standard InChI is InChI=1S/C21H29FN4O2/c1-2-3-14-28-15-4-9-24-17-18(16-23)21(27)26-12-10-25(11-13-26)20-7-5-19(22)6-8-20/h5-8,17,24H,2-4,9-15H2,1H3/b18-17-. The zero-order chi connectivity index (χ0) is 20.2. The third-order valence-corrected chi connectivity index (χ3v) is 4.61. The van der Waals surface area contributed by atoms with Gasteiger partial charge in [-0.2, -0.15) is 5.26 Å². The number of nitriles is 1. The van der Waals surface area contributed by atoms with Gasteiger partial charge in [0.2, 0.25) is 0 Å². The fourth-order valence-electron chi connectivity index (χ4n) is 2.93. The predicted molar refractivity (Wildman–Crippen MR) is 107 cm³/mol. The van der Waals surface area contributed by atoms with Crippen LogP contribution in [-0.2, 0) is 9.53 Å². The fraction of sp³-hybridized carbons (Fsp3) is 0.524. The van der Waals surface area contributed by atoms with E-state index in [-0.39, 0.29) is 17.3 Å². The molecule has 7 heteroatoms. The Hall–Kier alpha value is -2.59. The van der Waals surface area contributed by atoms with E-state index in [1.807, 2.05) is 6.07 Å². The summed E-state index contributed by atoms with van der Waals surface area (Å²) in [6.45, 7) is 6.58. The predicted octanol–water partition coefficient (Wildman–Crippen LogP) is 2.68. The van der Waals surface area contributed by atoms with Gasteiger partial charge in [-0.3, -0.25) is 4.79 Å². The van der Waals surface area contributed by atoms with Gasteiger partial charge in [0.05, 0.1) is 0 Å². The van der Waals surface area contributed by atoms with Crippen LogP contribution >= 0.6 is 0 Å². The maximum Gasteiger partial charge on any atom is 0.266 e. The zero-order valence-corrected chi connectivity index (χ0v) is 16.5. The molecule has 1 N–H and O–H groups in total. The van der Waals surface area contributed by atoms with Crippen LogP contribution in [0, 0.1) is 17.1 Å². The van der Waals surface area contributed by atoms with E-state index in [1.165, 1.54) is 18.3 Å². The second-order valence-corrected chi connectivity index (χ2v) is 6.70. The lowest BCUT2D eigenvalue weighted by Gasteiger charge is -2.36. The molecule has 1 amide bonds. The fourth-order valence-corrected chi connectivity index (χ4v) is 2.93. The molecule has 0 bridgehead atoms. The molecule has 1 saturated heterocycles. The van der Waals surface area contributed by atoms with Crippen molar-refractivity contribution in [2.24, 2.45) is 0 Å². The number of unbranched alkanes of at least 4 members (excludes halogenated alkanes) is 1. The highest BCUT2D eigenvalue weighted by Crippen LogP contribution is 2.17. The first kappa shape index (κ1) is 21.7. The van der Waals surface area contributed by atoms with E-state index in [1.54, 1.807) is 17.0 Å². The molecule has 1 heterocycles. The van der Waals surface area contributed by atoms with Gasteiger partial charge >= 0.3 is 0 Å². The third-order valence-electron chi connectivity index (χ3n) is 4.61. The van der Waals surface area contributed by atoms with Crippen molar-refractivity contribution in [1.82, 2.24) is 10.2 Å². The Morgan fingerprint density at radius 3 is 2.54 bits per heavy atom. The molecule has 0 aliphatic carbocycles. The first-order valence-corrected chi connectivity index (χ1v) is 9.87. The molecule has 1 aromatic carbocycles. The number of ether oxygens (including phenoxy) is 1. The lowest BCUT2D eigenvalue weighted by molar-refractivity contribution is -0.127. The van der Waals surface area contributed by atoms with Gasteiger partial charge in [0.1, 0.15) is 17.5 Å². The normalized spacial score (nSPS) is 14.7. The molecule has 1 aromatic rings. The molecule has 0 aromatic heterocycles. The summed E-state index contributed by atoms with van der Waals surface area (Å²) in [6.07, 6.45) is 4.51. The quantitative estimate of drug-likeness (QED) is 0.379. The van der Waals surface area contributed by atoms with Crippen molar-refractivity contribution in [3.63, 3.8) is 0 Å². The van der Waals surface area contributed by atoms with Gasteiger partial charge < -0.3 is 19.9 Å². The Balaban J connectivity index is 1.74. The second kappa shape index (κ2) is 12.0. The van der Waals surface area contributed by atoms with Crippen molar-refractivity contribution in [3.05, 3.63) is 41.9 Å². The first-order valence-electron chi connectivity index (χ1n) is 9.87. The van der Waals surface area contributed by atoms with Crippen molar-refractivity contribution in [1.29, 1.82) is 5.26 Å². The van der Waals surface area contributed by atoms with Gasteiger partial charge in [-0.15, -0.1) is 0 Å². The minimum atomic E-state index is -0.263. The van der Waals surface area contributed by atoms with Crippen molar-refractivity contribution < 1.29 is 13.9 Å². The molecule has 152 valence electrons. The van der Waals surface area contributed by atoms with Gasteiger partial charge in [-0.25, -0.2) is 4.39 Å². The zero-order valence-electron chi connectivity index (χ0n) is 16.5. The van der Waals surface area contributed by atoms with Crippen LogP contribution in [0.5, 0.6) is 0 Å². The van der Waals surface area contributed by atoms with E-state index < -0.39 is 0 Å². The molecular formula is C21H29FN4O2. The number of piperazine rings is 1. The molecule has 0 spiro atoms. The Bertz CT molecular complexity index is 677. The van der Waals surface area contributed by atoms with Crippen LogP contribution in [0.2, 0.25) is 0 Å². The number of hydrogen-bond donors (Lipinski definition) is 1. The number of carbonyl (C=O) groups excluding carboxylic acids is 1. The molecule has 1 aliphatic rings. The Labute approximate surface area is 166 Å². The molecule has 1 fully saturated rings. The van der Waals surface area contributed by atoms with Crippen LogP contribution in [0.15, 0.2) is 36.0 Å². The van der Waals surface area contributed by atoms with E-state index in [0.29, 0.717) is 39.3 Å². The lowest BCUT2D eigenvalue weighted by Crippen LogP contribution is -2.49. The van der Waals surface area contributed by atoms with Crippen molar-refractivity contribution in [2.75, 3.05) is 50.8 Å². The number of carbonyl (C=O) groups is 1. The Morgan fingerprint density at radius 1 is 1.21 bits per heavy atom. The topological polar surface area (TPSA) is 68.6 Å². The average Bonchev–Trinajstić information content (AvgIpc) is 2.73. The van der Waals surface area contributed by atoms with E-state index in [2.05, 4.69) is 17.1 Å².